The number of nitrogens with one attached hydrogen (secondary N) is 1. The van der Waals surface area contributed by atoms with Crippen molar-refractivity contribution in [1.82, 2.24) is 9.97 Å². The Labute approximate surface area is 169 Å². The number of aryl methyl sites for hydroxylation is 1. The van der Waals surface area contributed by atoms with E-state index in [2.05, 4.69) is 15.0 Å². The Morgan fingerprint density at radius 2 is 1.97 bits per heavy atom. The van der Waals surface area contributed by atoms with Gasteiger partial charge in [-0.05, 0) is 48.9 Å². The van der Waals surface area contributed by atoms with Crippen molar-refractivity contribution < 1.29 is 18.0 Å². The quantitative estimate of drug-likeness (QED) is 0.505. The largest absolute Gasteiger partial charge is 0.416 e. The number of benzene rings is 2. The van der Waals surface area contributed by atoms with Crippen LogP contribution in [0.5, 0.6) is 0 Å². The van der Waals surface area contributed by atoms with Crippen LogP contribution in [0.4, 0.5) is 18.9 Å². The second-order valence-corrected chi connectivity index (χ2v) is 6.47. The molecule has 3 aromatic rings. The maximum absolute atomic E-state index is 12.9. The van der Waals surface area contributed by atoms with Gasteiger partial charge in [-0.25, -0.2) is 15.0 Å². The molecule has 10 heteroatoms. The second-order valence-electron chi connectivity index (χ2n) is 6.47. The van der Waals surface area contributed by atoms with E-state index in [9.17, 15) is 18.0 Å². The number of likely N-dealkylation sites (N-methyl/N-ethyl adjacent to an activating group) is 1. The maximum Gasteiger partial charge on any atom is 0.416 e. The first-order valence-electron chi connectivity index (χ1n) is 8.67. The number of hydrogen-bond donors (Lipinski definition) is 2. The van der Waals surface area contributed by atoms with E-state index >= 15 is 0 Å². The fraction of sp³-hybridized carbons (Fsp3) is 0.150. The third kappa shape index (κ3) is 4.12. The van der Waals surface area contributed by atoms with Crippen LogP contribution < -0.4 is 10.6 Å². The number of hydrogen-bond acceptors (Lipinski definition) is 4. The lowest BCUT2D eigenvalue weighted by Crippen LogP contribution is -2.38. The lowest BCUT2D eigenvalue weighted by atomic mass is 10.1. The summed E-state index contributed by atoms with van der Waals surface area (Å²) in [5.74, 6) is -0.528. The van der Waals surface area contributed by atoms with Gasteiger partial charge in [0.2, 0.25) is 0 Å². The fourth-order valence-corrected chi connectivity index (χ4v) is 2.93. The lowest BCUT2D eigenvalue weighted by molar-refractivity contribution is -0.137. The van der Waals surface area contributed by atoms with E-state index in [0.717, 1.165) is 17.7 Å². The van der Waals surface area contributed by atoms with Crippen LogP contribution in [-0.4, -0.2) is 35.1 Å². The lowest BCUT2D eigenvalue weighted by Gasteiger charge is -2.19. The van der Waals surface area contributed by atoms with Crippen LogP contribution >= 0.6 is 0 Å². The Balaban J connectivity index is 1.94. The average Bonchev–Trinajstić information content (AvgIpc) is 2.71. The highest BCUT2D eigenvalue weighted by molar-refractivity contribution is 6.43. The number of nitrogens with two attached hydrogens (primary N) is 1. The zero-order valence-corrected chi connectivity index (χ0v) is 16.0. The number of alkyl halides is 3. The molecule has 7 nitrogen and oxygen atoms in total. The molecule has 0 radical (unpaired) electrons. The number of carbonyl (C=O) groups excluding carboxylic acids is 1. The topological polar surface area (TPSA) is 108 Å². The van der Waals surface area contributed by atoms with Gasteiger partial charge in [0.25, 0.3) is 5.91 Å². The smallest absolute Gasteiger partial charge is 0.379 e. The highest BCUT2D eigenvalue weighted by atomic mass is 19.4. The Morgan fingerprint density at radius 1 is 1.23 bits per heavy atom. The molecule has 3 N–H and O–H groups in total. The van der Waals surface area contributed by atoms with Gasteiger partial charge >= 0.3 is 6.18 Å². The minimum atomic E-state index is -4.43. The summed E-state index contributed by atoms with van der Waals surface area (Å²) >= 11 is 0. The van der Waals surface area contributed by atoms with Gasteiger partial charge in [-0.1, -0.05) is 0 Å². The molecular formula is C20H17F3N6O. The third-order valence-electron chi connectivity index (χ3n) is 4.45. The van der Waals surface area contributed by atoms with Crippen LogP contribution in [0.1, 0.15) is 11.1 Å². The summed E-state index contributed by atoms with van der Waals surface area (Å²) in [5.41, 5.74) is 7.11. The van der Waals surface area contributed by atoms with Crippen molar-refractivity contribution in [3.05, 3.63) is 53.7 Å². The number of fused-ring (bicyclic) bond motifs is 1. The second kappa shape index (κ2) is 7.90. The van der Waals surface area contributed by atoms with Gasteiger partial charge in [0.05, 0.1) is 11.1 Å². The summed E-state index contributed by atoms with van der Waals surface area (Å²) < 4.78 is 38.6. The van der Waals surface area contributed by atoms with Crippen molar-refractivity contribution in [2.45, 2.75) is 13.1 Å². The van der Waals surface area contributed by atoms with E-state index in [4.69, 9.17) is 11.1 Å². The van der Waals surface area contributed by atoms with Crippen LogP contribution in [0.3, 0.4) is 0 Å². The molecule has 0 unspecified atom stereocenters. The molecule has 0 bridgehead atoms. The van der Waals surface area contributed by atoms with Gasteiger partial charge in [0.15, 0.2) is 11.7 Å². The molecule has 154 valence electrons. The molecule has 0 aliphatic rings. The molecule has 1 amide bonds. The molecule has 0 aliphatic heterocycles. The number of halogens is 3. The zero-order chi connectivity index (χ0) is 22.1. The predicted octanol–water partition coefficient (Wildman–Crippen LogP) is 3.55. The van der Waals surface area contributed by atoms with Crippen LogP contribution in [-0.2, 0) is 11.0 Å². The number of nitrogens with zero attached hydrogens (tertiary/aromatic N) is 4. The van der Waals surface area contributed by atoms with Crippen molar-refractivity contribution in [2.24, 2.45) is 10.7 Å². The highest BCUT2D eigenvalue weighted by Gasteiger charge is 2.30. The third-order valence-corrected chi connectivity index (χ3v) is 4.45. The van der Waals surface area contributed by atoms with Crippen LogP contribution in [0, 0.1) is 12.3 Å². The van der Waals surface area contributed by atoms with Gasteiger partial charge in [0, 0.05) is 29.9 Å². The van der Waals surface area contributed by atoms with E-state index in [1.165, 1.54) is 24.2 Å². The first-order valence-corrected chi connectivity index (χ1v) is 8.67. The monoisotopic (exact) mass is 414 g/mol. The van der Waals surface area contributed by atoms with Crippen molar-refractivity contribution >= 4 is 34.7 Å². The number of carbonyl (C=O) groups is 1. The molecule has 30 heavy (non-hydrogen) atoms. The standard InChI is InChI=1S/C20H17F3N6O/c1-11-7-12(3-6-16(11)29(2)19(30)17(25)27-10-24)18-26-9-13-8-14(20(21,22)23)4-5-15(13)28-18/h3-10H,1-2H3,(H3,24,25,27). The molecule has 0 fully saturated rings. The summed E-state index contributed by atoms with van der Waals surface area (Å²) in [6, 6.07) is 8.43. The SMILES string of the molecule is Cc1cc(-c2ncc3cc(C(F)(F)F)ccc3n2)ccc1N(C)C(=O)C(N)=NC=N. The van der Waals surface area contributed by atoms with Crippen LogP contribution in [0.25, 0.3) is 22.3 Å². The Hall–Kier alpha value is -3.82. The summed E-state index contributed by atoms with van der Waals surface area (Å²) in [5, 5.41) is 7.19. The maximum atomic E-state index is 12.9. The molecule has 3 rings (SSSR count). The average molecular weight is 414 g/mol. The van der Waals surface area contributed by atoms with E-state index in [-0.39, 0.29) is 11.2 Å². The molecule has 0 aliphatic carbocycles. The molecule has 0 saturated heterocycles. The van der Waals surface area contributed by atoms with Gasteiger partial charge < -0.3 is 10.6 Å². The summed E-state index contributed by atoms with van der Waals surface area (Å²) in [6.45, 7) is 1.78. The summed E-state index contributed by atoms with van der Waals surface area (Å²) in [7, 11) is 1.53. The number of amidine groups is 1. The fourth-order valence-electron chi connectivity index (χ4n) is 2.93. The van der Waals surface area contributed by atoms with E-state index in [1.807, 2.05) is 0 Å². The first-order chi connectivity index (χ1) is 14.1. The molecule has 1 heterocycles. The highest BCUT2D eigenvalue weighted by Crippen LogP contribution is 2.31. The molecule has 0 spiro atoms. The number of anilines is 1. The van der Waals surface area contributed by atoms with Crippen molar-refractivity contribution in [1.29, 1.82) is 5.41 Å². The predicted molar refractivity (Wildman–Crippen MR) is 109 cm³/mol. The van der Waals surface area contributed by atoms with Gasteiger partial charge in [-0.2, -0.15) is 13.2 Å². The normalized spacial score (nSPS) is 12.1. The van der Waals surface area contributed by atoms with Crippen LogP contribution in [0.2, 0.25) is 0 Å². The Morgan fingerprint density at radius 3 is 2.60 bits per heavy atom. The Bertz CT molecular complexity index is 1170. The van der Waals surface area contributed by atoms with Gasteiger partial charge in [-0.3, -0.25) is 10.2 Å². The number of rotatable bonds is 3. The van der Waals surface area contributed by atoms with E-state index < -0.39 is 17.6 Å². The molecule has 0 atom stereocenters. The van der Waals surface area contributed by atoms with Gasteiger partial charge in [-0.15, -0.1) is 0 Å². The number of aromatic nitrogens is 2. The molecular weight excluding hydrogens is 397 g/mol. The summed E-state index contributed by atoms with van der Waals surface area (Å²) in [4.78, 5) is 25.6. The molecule has 1 aromatic heterocycles. The number of aliphatic imine (C=N–C) groups is 1. The number of amides is 1. The van der Waals surface area contributed by atoms with Crippen molar-refractivity contribution in [3.8, 4) is 11.4 Å². The Kier molecular flexibility index (Phi) is 5.50. The molecule has 2 aromatic carbocycles. The van der Waals surface area contributed by atoms with Gasteiger partial charge in [0.1, 0.15) is 6.34 Å². The zero-order valence-electron chi connectivity index (χ0n) is 16.0. The van der Waals surface area contributed by atoms with Crippen molar-refractivity contribution in [2.75, 3.05) is 11.9 Å². The minimum absolute atomic E-state index is 0.285. The first kappa shape index (κ1) is 20.9. The molecule has 0 saturated carbocycles. The van der Waals surface area contributed by atoms with Crippen LogP contribution in [0.15, 0.2) is 47.6 Å². The van der Waals surface area contributed by atoms with E-state index in [1.54, 1.807) is 25.1 Å². The van der Waals surface area contributed by atoms with E-state index in [0.29, 0.717) is 28.9 Å². The van der Waals surface area contributed by atoms with Crippen molar-refractivity contribution in [3.63, 3.8) is 0 Å². The summed E-state index contributed by atoms with van der Waals surface area (Å²) in [6.07, 6.45) is -2.40. The minimum Gasteiger partial charge on any atom is -0.379 e.